The van der Waals surface area contributed by atoms with E-state index in [-0.39, 0.29) is 5.82 Å². The number of thioether (sulfide) groups is 1. The van der Waals surface area contributed by atoms with Crippen LogP contribution in [0.1, 0.15) is 18.3 Å². The first kappa shape index (κ1) is 15.1. The first-order chi connectivity index (χ1) is 9.60. The molecule has 2 rings (SSSR count). The maximum absolute atomic E-state index is 13.5. The molecule has 0 fully saturated rings. The molecule has 0 radical (unpaired) electrons. The normalized spacial score (nSPS) is 12.6. The topological polar surface area (TPSA) is 38.0 Å². The first-order valence-electron chi connectivity index (χ1n) is 6.69. The van der Waals surface area contributed by atoms with Crippen LogP contribution in [0.25, 0.3) is 0 Å². The molecule has 1 unspecified atom stereocenters. The predicted octanol–water partition coefficient (Wildman–Crippen LogP) is 3.05. The van der Waals surface area contributed by atoms with Crippen molar-refractivity contribution >= 4 is 11.8 Å². The van der Waals surface area contributed by atoms with Crippen molar-refractivity contribution in [1.29, 1.82) is 0 Å². The monoisotopic (exact) mass is 294 g/mol. The van der Waals surface area contributed by atoms with Crippen molar-refractivity contribution in [2.24, 2.45) is 0 Å². The van der Waals surface area contributed by atoms with Crippen molar-refractivity contribution in [3.63, 3.8) is 0 Å². The number of benzene rings is 1. The standard InChI is InChI=1S/C15H19FN2OS/c1-3-18-12(8-11(2)17-18)9-13(19)10-20-15-7-5-4-6-14(15)16/h4-8,13,19H,3,9-10H2,1-2H3. The third-order valence-electron chi connectivity index (χ3n) is 3.00. The van der Waals surface area contributed by atoms with E-state index in [1.54, 1.807) is 18.2 Å². The minimum atomic E-state index is -0.513. The highest BCUT2D eigenvalue weighted by Gasteiger charge is 2.12. The molecule has 1 atom stereocenters. The van der Waals surface area contributed by atoms with Gasteiger partial charge in [-0.2, -0.15) is 5.10 Å². The molecule has 0 saturated heterocycles. The fourth-order valence-electron chi connectivity index (χ4n) is 2.09. The summed E-state index contributed by atoms with van der Waals surface area (Å²) < 4.78 is 15.4. The van der Waals surface area contributed by atoms with Gasteiger partial charge < -0.3 is 5.11 Å². The lowest BCUT2D eigenvalue weighted by Gasteiger charge is -2.11. The number of hydrogen-bond acceptors (Lipinski definition) is 3. The molecule has 20 heavy (non-hydrogen) atoms. The van der Waals surface area contributed by atoms with E-state index in [1.165, 1.54) is 17.8 Å². The van der Waals surface area contributed by atoms with Crippen molar-refractivity contribution in [2.45, 2.75) is 37.8 Å². The van der Waals surface area contributed by atoms with Crippen LogP contribution in [0.15, 0.2) is 35.2 Å². The smallest absolute Gasteiger partial charge is 0.136 e. The first-order valence-corrected chi connectivity index (χ1v) is 7.67. The number of halogens is 1. The molecular weight excluding hydrogens is 275 g/mol. The Labute approximate surface area is 122 Å². The Kier molecular flexibility index (Phi) is 5.20. The van der Waals surface area contributed by atoms with Gasteiger partial charge in [0.2, 0.25) is 0 Å². The zero-order valence-electron chi connectivity index (χ0n) is 11.7. The minimum Gasteiger partial charge on any atom is -0.392 e. The van der Waals surface area contributed by atoms with Crippen LogP contribution in [0, 0.1) is 12.7 Å². The summed E-state index contributed by atoms with van der Waals surface area (Å²) in [5, 5.41) is 14.5. The molecule has 0 aliphatic carbocycles. The van der Waals surface area contributed by atoms with Crippen LogP contribution in [-0.4, -0.2) is 26.7 Å². The maximum Gasteiger partial charge on any atom is 0.136 e. The third kappa shape index (κ3) is 3.84. The molecule has 1 aromatic heterocycles. The van der Waals surface area contributed by atoms with Gasteiger partial charge in [0.05, 0.1) is 11.8 Å². The predicted molar refractivity (Wildman–Crippen MR) is 79.5 cm³/mol. The van der Waals surface area contributed by atoms with Gasteiger partial charge in [0.1, 0.15) is 5.82 Å². The van der Waals surface area contributed by atoms with Gasteiger partial charge in [-0.3, -0.25) is 4.68 Å². The Hall–Kier alpha value is -1.33. The molecule has 108 valence electrons. The molecule has 0 bridgehead atoms. The minimum absolute atomic E-state index is 0.237. The molecular formula is C15H19FN2OS. The SMILES string of the molecule is CCn1nc(C)cc1CC(O)CSc1ccccc1F. The lowest BCUT2D eigenvalue weighted by atomic mass is 10.2. The van der Waals surface area contributed by atoms with E-state index in [9.17, 15) is 9.50 Å². The van der Waals surface area contributed by atoms with E-state index in [0.29, 0.717) is 17.1 Å². The highest BCUT2D eigenvalue weighted by Crippen LogP contribution is 2.22. The van der Waals surface area contributed by atoms with Crippen LogP contribution in [-0.2, 0) is 13.0 Å². The molecule has 1 N–H and O–H groups in total. The van der Waals surface area contributed by atoms with Crippen molar-refractivity contribution in [1.82, 2.24) is 9.78 Å². The van der Waals surface area contributed by atoms with Gasteiger partial charge in [0.25, 0.3) is 0 Å². The number of aliphatic hydroxyl groups is 1. The summed E-state index contributed by atoms with van der Waals surface area (Å²) in [6, 6.07) is 8.61. The summed E-state index contributed by atoms with van der Waals surface area (Å²) in [5.41, 5.74) is 1.97. The Morgan fingerprint density at radius 3 is 2.85 bits per heavy atom. The zero-order chi connectivity index (χ0) is 14.5. The van der Waals surface area contributed by atoms with Crippen molar-refractivity contribution in [3.8, 4) is 0 Å². The summed E-state index contributed by atoms with van der Waals surface area (Å²) >= 11 is 1.34. The number of hydrogen-bond donors (Lipinski definition) is 1. The van der Waals surface area contributed by atoms with E-state index in [0.717, 1.165) is 17.9 Å². The Balaban J connectivity index is 1.92. The molecule has 0 spiro atoms. The van der Waals surface area contributed by atoms with E-state index >= 15 is 0 Å². The molecule has 5 heteroatoms. The van der Waals surface area contributed by atoms with Crippen LogP contribution < -0.4 is 0 Å². The second-order valence-electron chi connectivity index (χ2n) is 4.69. The molecule has 0 aliphatic rings. The summed E-state index contributed by atoms with van der Waals surface area (Å²) in [7, 11) is 0. The van der Waals surface area contributed by atoms with Gasteiger partial charge in [0, 0.05) is 29.3 Å². The number of aliphatic hydroxyl groups excluding tert-OH is 1. The largest absolute Gasteiger partial charge is 0.392 e. The van der Waals surface area contributed by atoms with Gasteiger partial charge >= 0.3 is 0 Å². The van der Waals surface area contributed by atoms with Crippen LogP contribution in [0.5, 0.6) is 0 Å². The molecule has 0 amide bonds. The van der Waals surface area contributed by atoms with Gasteiger partial charge in [-0.05, 0) is 32.0 Å². The average Bonchev–Trinajstić information content (AvgIpc) is 2.78. The second-order valence-corrected chi connectivity index (χ2v) is 5.75. The molecule has 1 heterocycles. The number of rotatable bonds is 6. The van der Waals surface area contributed by atoms with Crippen molar-refractivity contribution < 1.29 is 9.50 Å². The van der Waals surface area contributed by atoms with Crippen LogP contribution in [0.3, 0.4) is 0 Å². The summed E-state index contributed by atoms with van der Waals surface area (Å²) in [6.45, 7) is 4.75. The Morgan fingerprint density at radius 2 is 2.15 bits per heavy atom. The molecule has 2 aromatic rings. The summed E-state index contributed by atoms with van der Waals surface area (Å²) in [5.74, 6) is 0.230. The third-order valence-corrected chi connectivity index (χ3v) is 4.19. The average molecular weight is 294 g/mol. The van der Waals surface area contributed by atoms with Crippen molar-refractivity contribution in [3.05, 3.63) is 47.5 Å². The molecule has 0 saturated carbocycles. The Morgan fingerprint density at radius 1 is 1.40 bits per heavy atom. The fourth-order valence-corrected chi connectivity index (χ4v) is 2.96. The molecule has 1 aromatic carbocycles. The van der Waals surface area contributed by atoms with Gasteiger partial charge in [-0.15, -0.1) is 11.8 Å². The molecule has 0 aliphatic heterocycles. The maximum atomic E-state index is 13.5. The lowest BCUT2D eigenvalue weighted by molar-refractivity contribution is 0.197. The summed E-state index contributed by atoms with van der Waals surface area (Å²) in [4.78, 5) is 0.576. The van der Waals surface area contributed by atoms with Crippen LogP contribution in [0.2, 0.25) is 0 Å². The van der Waals surface area contributed by atoms with Gasteiger partial charge in [-0.25, -0.2) is 4.39 Å². The van der Waals surface area contributed by atoms with Crippen molar-refractivity contribution in [2.75, 3.05) is 5.75 Å². The number of aryl methyl sites for hydroxylation is 2. The highest BCUT2D eigenvalue weighted by molar-refractivity contribution is 7.99. The number of aromatic nitrogens is 2. The van der Waals surface area contributed by atoms with E-state index in [4.69, 9.17) is 0 Å². The van der Waals surface area contributed by atoms with E-state index < -0.39 is 6.10 Å². The quantitative estimate of drug-likeness (QED) is 0.832. The second kappa shape index (κ2) is 6.90. The van der Waals surface area contributed by atoms with Crippen LogP contribution >= 0.6 is 11.8 Å². The number of nitrogens with zero attached hydrogens (tertiary/aromatic N) is 2. The van der Waals surface area contributed by atoms with Gasteiger partial charge in [-0.1, -0.05) is 12.1 Å². The summed E-state index contributed by atoms with van der Waals surface area (Å²) in [6.07, 6.45) is 0.0249. The van der Waals surface area contributed by atoms with E-state index in [1.807, 2.05) is 24.6 Å². The van der Waals surface area contributed by atoms with Crippen LogP contribution in [0.4, 0.5) is 4.39 Å². The molecule has 3 nitrogen and oxygen atoms in total. The Bertz CT molecular complexity index is 571. The van der Waals surface area contributed by atoms with Gasteiger partial charge in [0.15, 0.2) is 0 Å². The highest BCUT2D eigenvalue weighted by atomic mass is 32.2. The lowest BCUT2D eigenvalue weighted by Crippen LogP contribution is -2.16. The zero-order valence-corrected chi connectivity index (χ0v) is 12.5. The van der Waals surface area contributed by atoms with E-state index in [2.05, 4.69) is 5.10 Å². The fraction of sp³-hybridized carbons (Fsp3) is 0.400.